The summed E-state index contributed by atoms with van der Waals surface area (Å²) in [5, 5.41) is 9.50. The maximum Gasteiger partial charge on any atom is 0.416 e. The molecule has 0 aliphatic carbocycles. The summed E-state index contributed by atoms with van der Waals surface area (Å²) in [7, 11) is 0. The highest BCUT2D eigenvalue weighted by Crippen LogP contribution is 2.30. The predicted octanol–water partition coefficient (Wildman–Crippen LogP) is 4.32. The van der Waals surface area contributed by atoms with Gasteiger partial charge in [-0.05, 0) is 29.8 Å². The van der Waals surface area contributed by atoms with Crippen LogP contribution in [0.25, 0.3) is 11.4 Å². The Morgan fingerprint density at radius 1 is 1.04 bits per heavy atom. The maximum atomic E-state index is 12.6. The topological polar surface area (TPSA) is 38.0 Å². The summed E-state index contributed by atoms with van der Waals surface area (Å²) in [5.74, 6) is 0.737. The predicted molar refractivity (Wildman–Crippen MR) is 79.9 cm³/mol. The van der Waals surface area contributed by atoms with Crippen molar-refractivity contribution in [1.82, 2.24) is 9.55 Å². The summed E-state index contributed by atoms with van der Waals surface area (Å²) in [5.41, 5.74) is 0.784. The molecule has 3 aromatic rings. The van der Waals surface area contributed by atoms with Crippen LogP contribution < -0.4 is 0 Å². The van der Waals surface area contributed by atoms with Gasteiger partial charge in [0.2, 0.25) is 0 Å². The smallest absolute Gasteiger partial charge is 0.416 e. The van der Waals surface area contributed by atoms with E-state index in [2.05, 4.69) is 4.98 Å². The van der Waals surface area contributed by atoms with Gasteiger partial charge in [0.1, 0.15) is 11.6 Å². The van der Waals surface area contributed by atoms with Crippen LogP contribution in [0, 0.1) is 0 Å². The van der Waals surface area contributed by atoms with Crippen molar-refractivity contribution in [2.45, 2.75) is 12.7 Å². The summed E-state index contributed by atoms with van der Waals surface area (Å²) >= 11 is 0. The number of hydrogen-bond acceptors (Lipinski definition) is 2. The fourth-order valence-corrected chi connectivity index (χ4v) is 2.36. The molecular formula is C17H13F3N2O. The second kappa shape index (κ2) is 5.79. The van der Waals surface area contributed by atoms with Gasteiger partial charge in [-0.15, -0.1) is 0 Å². The molecule has 0 radical (unpaired) electrons. The molecule has 0 aliphatic heterocycles. The second-order valence-corrected chi connectivity index (χ2v) is 5.12. The number of aromatic nitrogens is 2. The Balaban J connectivity index is 1.89. The van der Waals surface area contributed by atoms with Crippen molar-refractivity contribution in [1.29, 1.82) is 0 Å². The Labute approximate surface area is 130 Å². The Morgan fingerprint density at radius 2 is 1.78 bits per heavy atom. The Kier molecular flexibility index (Phi) is 3.82. The molecule has 0 bridgehead atoms. The molecule has 0 atom stereocenters. The number of alkyl halides is 3. The van der Waals surface area contributed by atoms with E-state index < -0.39 is 11.7 Å². The lowest BCUT2D eigenvalue weighted by Crippen LogP contribution is -2.05. The highest BCUT2D eigenvalue weighted by atomic mass is 19.4. The maximum absolute atomic E-state index is 12.6. The Hall–Kier alpha value is -2.76. The number of hydrogen-bond donors (Lipinski definition) is 1. The van der Waals surface area contributed by atoms with Gasteiger partial charge in [-0.25, -0.2) is 4.98 Å². The van der Waals surface area contributed by atoms with Crippen LogP contribution in [0.1, 0.15) is 11.1 Å². The number of aromatic hydroxyl groups is 1. The minimum atomic E-state index is -4.35. The highest BCUT2D eigenvalue weighted by Gasteiger charge is 2.30. The largest absolute Gasteiger partial charge is 0.508 e. The second-order valence-electron chi connectivity index (χ2n) is 5.12. The molecule has 118 valence electrons. The van der Waals surface area contributed by atoms with Crippen LogP contribution in [0.4, 0.5) is 13.2 Å². The molecule has 0 saturated carbocycles. The van der Waals surface area contributed by atoms with E-state index in [4.69, 9.17) is 0 Å². The van der Waals surface area contributed by atoms with Gasteiger partial charge in [-0.2, -0.15) is 13.2 Å². The fraction of sp³-hybridized carbons (Fsp3) is 0.118. The lowest BCUT2D eigenvalue weighted by molar-refractivity contribution is -0.137. The number of nitrogens with zero attached hydrogens (tertiary/aromatic N) is 2. The van der Waals surface area contributed by atoms with Gasteiger partial charge >= 0.3 is 6.18 Å². The minimum absolute atomic E-state index is 0.165. The molecular weight excluding hydrogens is 305 g/mol. The zero-order valence-electron chi connectivity index (χ0n) is 12.0. The van der Waals surface area contributed by atoms with Gasteiger partial charge in [-0.3, -0.25) is 0 Å². The van der Waals surface area contributed by atoms with Crippen LogP contribution >= 0.6 is 0 Å². The van der Waals surface area contributed by atoms with Gasteiger partial charge in [-0.1, -0.05) is 24.3 Å². The summed E-state index contributed by atoms with van der Waals surface area (Å²) in [6.45, 7) is 0.463. The number of benzene rings is 2. The molecule has 1 N–H and O–H groups in total. The van der Waals surface area contributed by atoms with Crippen molar-refractivity contribution >= 4 is 0 Å². The number of halogens is 3. The zero-order valence-corrected chi connectivity index (χ0v) is 12.0. The third-order valence-electron chi connectivity index (χ3n) is 3.45. The molecule has 0 fully saturated rings. The van der Waals surface area contributed by atoms with E-state index in [1.54, 1.807) is 30.6 Å². The van der Waals surface area contributed by atoms with Crippen molar-refractivity contribution < 1.29 is 18.3 Å². The molecule has 23 heavy (non-hydrogen) atoms. The molecule has 1 aromatic heterocycles. The molecule has 6 heteroatoms. The van der Waals surface area contributed by atoms with Gasteiger partial charge in [0, 0.05) is 24.5 Å². The lowest BCUT2D eigenvalue weighted by Gasteiger charge is -2.10. The van der Waals surface area contributed by atoms with E-state index in [-0.39, 0.29) is 5.75 Å². The van der Waals surface area contributed by atoms with E-state index in [0.717, 1.165) is 17.7 Å². The summed E-state index contributed by atoms with van der Waals surface area (Å²) < 4.78 is 39.7. The molecule has 3 rings (SSSR count). The first-order chi connectivity index (χ1) is 10.9. The average Bonchev–Trinajstić information content (AvgIpc) is 2.94. The summed E-state index contributed by atoms with van der Waals surface area (Å²) in [6.07, 6.45) is -1.01. The first kappa shape index (κ1) is 15.1. The van der Waals surface area contributed by atoms with Crippen LogP contribution in [0.2, 0.25) is 0 Å². The molecule has 0 spiro atoms. The highest BCUT2D eigenvalue weighted by molar-refractivity contribution is 5.56. The van der Waals surface area contributed by atoms with Gasteiger partial charge < -0.3 is 9.67 Å². The van der Waals surface area contributed by atoms with E-state index in [9.17, 15) is 18.3 Å². The average molecular weight is 318 g/mol. The van der Waals surface area contributed by atoms with Crippen LogP contribution in [0.5, 0.6) is 5.75 Å². The molecule has 0 saturated heterocycles. The van der Waals surface area contributed by atoms with Crippen molar-refractivity contribution in [3.05, 3.63) is 72.1 Å². The fourth-order valence-electron chi connectivity index (χ4n) is 2.36. The summed E-state index contributed by atoms with van der Waals surface area (Å²) in [6, 6.07) is 11.7. The van der Waals surface area contributed by atoms with Gasteiger partial charge in [0.05, 0.1) is 5.56 Å². The third kappa shape index (κ3) is 3.36. The molecule has 1 heterocycles. The van der Waals surface area contributed by atoms with E-state index in [0.29, 0.717) is 17.9 Å². The third-order valence-corrected chi connectivity index (χ3v) is 3.45. The number of imidazole rings is 1. The Bertz CT molecular complexity index is 807. The molecule has 3 nitrogen and oxygen atoms in total. The van der Waals surface area contributed by atoms with E-state index in [1.165, 1.54) is 12.1 Å². The van der Waals surface area contributed by atoms with Crippen molar-refractivity contribution in [3.8, 4) is 17.1 Å². The van der Waals surface area contributed by atoms with Crippen molar-refractivity contribution in [2.75, 3.05) is 0 Å². The SMILES string of the molecule is Oc1cccc(Cn2ccnc2-c2ccc(C(F)(F)F)cc2)c1. The van der Waals surface area contributed by atoms with Gasteiger partial charge in [0.25, 0.3) is 0 Å². The first-order valence-corrected chi connectivity index (χ1v) is 6.90. The van der Waals surface area contributed by atoms with Crippen molar-refractivity contribution in [2.24, 2.45) is 0 Å². The minimum Gasteiger partial charge on any atom is -0.508 e. The molecule has 0 unspecified atom stereocenters. The van der Waals surface area contributed by atoms with Crippen LogP contribution in [-0.4, -0.2) is 14.7 Å². The number of phenols is 1. The normalized spacial score (nSPS) is 11.6. The monoisotopic (exact) mass is 318 g/mol. The van der Waals surface area contributed by atoms with E-state index in [1.807, 2.05) is 10.6 Å². The Morgan fingerprint density at radius 3 is 2.43 bits per heavy atom. The number of phenolic OH excluding ortho intramolecular Hbond substituents is 1. The van der Waals surface area contributed by atoms with Crippen LogP contribution in [-0.2, 0) is 12.7 Å². The standard InChI is InChI=1S/C17H13F3N2O/c18-17(19,20)14-6-4-13(5-7-14)16-21-8-9-22(16)11-12-2-1-3-15(23)10-12/h1-10,23H,11H2. The lowest BCUT2D eigenvalue weighted by atomic mass is 10.1. The van der Waals surface area contributed by atoms with E-state index >= 15 is 0 Å². The van der Waals surface area contributed by atoms with Crippen molar-refractivity contribution in [3.63, 3.8) is 0 Å². The quantitative estimate of drug-likeness (QED) is 0.781. The summed E-state index contributed by atoms with van der Waals surface area (Å²) in [4.78, 5) is 4.22. The van der Waals surface area contributed by atoms with Gasteiger partial charge in [0.15, 0.2) is 0 Å². The molecule has 0 amide bonds. The molecule has 0 aliphatic rings. The molecule has 2 aromatic carbocycles. The first-order valence-electron chi connectivity index (χ1n) is 6.90. The van der Waals surface area contributed by atoms with Crippen LogP contribution in [0.3, 0.4) is 0 Å². The van der Waals surface area contributed by atoms with Crippen LogP contribution in [0.15, 0.2) is 60.9 Å². The number of rotatable bonds is 3. The zero-order chi connectivity index (χ0) is 16.4.